The summed E-state index contributed by atoms with van der Waals surface area (Å²) in [4.78, 5) is 16.3. The molecule has 0 spiro atoms. The number of piperidine rings is 1. The summed E-state index contributed by atoms with van der Waals surface area (Å²) in [5, 5.41) is 20.5. The van der Waals surface area contributed by atoms with Crippen LogP contribution in [0.3, 0.4) is 0 Å². The summed E-state index contributed by atoms with van der Waals surface area (Å²) in [5.74, 6) is 0.331. The number of aromatic nitrogens is 1. The first-order chi connectivity index (χ1) is 8.08. The Balaban J connectivity index is 2.33. The summed E-state index contributed by atoms with van der Waals surface area (Å²) < 4.78 is 0.575. The lowest BCUT2D eigenvalue weighted by Gasteiger charge is -2.30. The molecule has 0 aliphatic carbocycles. The Morgan fingerprint density at radius 3 is 3.06 bits per heavy atom. The molecule has 7 heteroatoms. The number of hydrogen-bond donors (Lipinski definition) is 1. The Morgan fingerprint density at radius 2 is 2.41 bits per heavy atom. The molecule has 1 aliphatic rings. The van der Waals surface area contributed by atoms with Crippen molar-refractivity contribution in [3.05, 3.63) is 26.9 Å². The molecule has 1 fully saturated rings. The molecule has 2 rings (SSSR count). The first-order valence-corrected chi connectivity index (χ1v) is 6.10. The number of halogens is 1. The zero-order chi connectivity index (χ0) is 12.4. The SMILES string of the molecule is O=[N+]([O-])c1cc(Br)cnc1N1CCC[C@H](O)C1. The Morgan fingerprint density at radius 1 is 1.65 bits per heavy atom. The molecule has 0 bridgehead atoms. The van der Waals surface area contributed by atoms with E-state index >= 15 is 0 Å². The molecule has 1 saturated heterocycles. The number of aliphatic hydroxyl groups is 1. The maximum absolute atomic E-state index is 11.0. The van der Waals surface area contributed by atoms with Crippen molar-refractivity contribution in [1.29, 1.82) is 0 Å². The third-order valence-corrected chi connectivity index (χ3v) is 3.14. The van der Waals surface area contributed by atoms with E-state index in [1.807, 2.05) is 0 Å². The molecular formula is C10H12BrN3O3. The van der Waals surface area contributed by atoms with Gasteiger partial charge in [0.25, 0.3) is 0 Å². The van der Waals surface area contributed by atoms with Crippen LogP contribution in [0, 0.1) is 10.1 Å². The Hall–Kier alpha value is -1.21. The van der Waals surface area contributed by atoms with Gasteiger partial charge in [-0.2, -0.15) is 0 Å². The zero-order valence-electron chi connectivity index (χ0n) is 9.04. The second kappa shape index (κ2) is 4.97. The number of rotatable bonds is 2. The Bertz CT molecular complexity index is 441. The van der Waals surface area contributed by atoms with Gasteiger partial charge >= 0.3 is 5.69 Å². The molecule has 0 radical (unpaired) electrons. The fourth-order valence-electron chi connectivity index (χ4n) is 1.95. The smallest absolute Gasteiger partial charge is 0.312 e. The van der Waals surface area contributed by atoms with Gasteiger partial charge in [0.15, 0.2) is 0 Å². The molecule has 1 atom stereocenters. The molecule has 17 heavy (non-hydrogen) atoms. The highest BCUT2D eigenvalue weighted by Crippen LogP contribution is 2.30. The van der Waals surface area contributed by atoms with E-state index < -0.39 is 11.0 Å². The fraction of sp³-hybridized carbons (Fsp3) is 0.500. The molecule has 2 heterocycles. The number of pyridine rings is 1. The minimum Gasteiger partial charge on any atom is -0.391 e. The van der Waals surface area contributed by atoms with E-state index in [1.54, 1.807) is 4.90 Å². The maximum Gasteiger partial charge on any atom is 0.312 e. The van der Waals surface area contributed by atoms with Crippen LogP contribution < -0.4 is 4.90 Å². The van der Waals surface area contributed by atoms with Crippen molar-refractivity contribution >= 4 is 27.4 Å². The summed E-state index contributed by atoms with van der Waals surface area (Å²) >= 11 is 3.17. The number of hydrogen-bond acceptors (Lipinski definition) is 5. The molecule has 0 unspecified atom stereocenters. The summed E-state index contributed by atoms with van der Waals surface area (Å²) in [6, 6.07) is 1.43. The zero-order valence-corrected chi connectivity index (χ0v) is 10.6. The summed E-state index contributed by atoms with van der Waals surface area (Å²) in [5.41, 5.74) is -0.0338. The summed E-state index contributed by atoms with van der Waals surface area (Å²) in [6.07, 6.45) is 2.65. The predicted octanol–water partition coefficient (Wildman–Crippen LogP) is 1.71. The molecular weight excluding hydrogens is 290 g/mol. The Kier molecular flexibility index (Phi) is 3.58. The largest absolute Gasteiger partial charge is 0.391 e. The first-order valence-electron chi connectivity index (χ1n) is 5.31. The molecule has 1 aromatic heterocycles. The minimum atomic E-state index is -0.450. The van der Waals surface area contributed by atoms with Gasteiger partial charge in [0.1, 0.15) is 0 Å². The van der Waals surface area contributed by atoms with E-state index in [0.717, 1.165) is 12.8 Å². The van der Waals surface area contributed by atoms with Gasteiger partial charge in [-0.1, -0.05) is 0 Å². The van der Waals surface area contributed by atoms with E-state index in [2.05, 4.69) is 20.9 Å². The summed E-state index contributed by atoms with van der Waals surface area (Å²) in [6.45, 7) is 1.09. The van der Waals surface area contributed by atoms with Crippen LogP contribution in [-0.4, -0.2) is 34.2 Å². The lowest BCUT2D eigenvalue weighted by Crippen LogP contribution is -2.39. The van der Waals surface area contributed by atoms with Crippen LogP contribution in [0.2, 0.25) is 0 Å². The molecule has 1 aromatic rings. The minimum absolute atomic E-state index is 0.0338. The number of nitrogens with zero attached hydrogens (tertiary/aromatic N) is 3. The number of β-amino-alcohol motifs (C(OH)–C–C–N with tert-alkyl or cyclic N) is 1. The lowest BCUT2D eigenvalue weighted by atomic mass is 10.1. The highest BCUT2D eigenvalue weighted by atomic mass is 79.9. The Labute approximate surface area is 107 Å². The predicted molar refractivity (Wildman–Crippen MR) is 66.0 cm³/mol. The average molecular weight is 302 g/mol. The third-order valence-electron chi connectivity index (χ3n) is 2.71. The quantitative estimate of drug-likeness (QED) is 0.664. The maximum atomic E-state index is 11.0. The summed E-state index contributed by atoms with van der Waals surface area (Å²) in [7, 11) is 0. The monoisotopic (exact) mass is 301 g/mol. The number of nitro groups is 1. The van der Waals surface area contributed by atoms with Gasteiger partial charge < -0.3 is 10.0 Å². The van der Waals surface area contributed by atoms with E-state index in [9.17, 15) is 15.2 Å². The van der Waals surface area contributed by atoms with Gasteiger partial charge in [-0.3, -0.25) is 10.1 Å². The van der Waals surface area contributed by atoms with Gasteiger partial charge in [0.05, 0.1) is 11.0 Å². The lowest BCUT2D eigenvalue weighted by molar-refractivity contribution is -0.384. The molecule has 1 aliphatic heterocycles. The second-order valence-corrected chi connectivity index (χ2v) is 4.91. The molecule has 6 nitrogen and oxygen atoms in total. The fourth-order valence-corrected chi connectivity index (χ4v) is 2.27. The molecule has 0 aromatic carbocycles. The van der Waals surface area contributed by atoms with E-state index in [1.165, 1.54) is 12.3 Å². The van der Waals surface area contributed by atoms with Gasteiger partial charge in [-0.25, -0.2) is 4.98 Å². The van der Waals surface area contributed by atoms with Crippen LogP contribution in [-0.2, 0) is 0 Å². The second-order valence-electron chi connectivity index (χ2n) is 4.00. The van der Waals surface area contributed by atoms with Crippen LogP contribution >= 0.6 is 15.9 Å². The van der Waals surface area contributed by atoms with Crippen molar-refractivity contribution in [2.45, 2.75) is 18.9 Å². The van der Waals surface area contributed by atoms with Crippen LogP contribution in [0.5, 0.6) is 0 Å². The molecule has 1 N–H and O–H groups in total. The molecule has 0 amide bonds. The van der Waals surface area contributed by atoms with Crippen molar-refractivity contribution in [1.82, 2.24) is 4.98 Å². The van der Waals surface area contributed by atoms with Crippen molar-refractivity contribution in [2.75, 3.05) is 18.0 Å². The average Bonchev–Trinajstić information content (AvgIpc) is 2.28. The van der Waals surface area contributed by atoms with Crippen molar-refractivity contribution < 1.29 is 10.0 Å². The van der Waals surface area contributed by atoms with Crippen LogP contribution in [0.1, 0.15) is 12.8 Å². The first kappa shape index (κ1) is 12.3. The van der Waals surface area contributed by atoms with Crippen LogP contribution in [0.15, 0.2) is 16.7 Å². The van der Waals surface area contributed by atoms with Gasteiger partial charge in [-0.05, 0) is 28.8 Å². The van der Waals surface area contributed by atoms with Gasteiger partial charge in [0.2, 0.25) is 5.82 Å². The highest BCUT2D eigenvalue weighted by Gasteiger charge is 2.25. The standard InChI is InChI=1S/C10H12BrN3O3/c11-7-4-9(14(16)17)10(12-5-7)13-3-1-2-8(15)6-13/h4-5,8,15H,1-3,6H2/t8-/m0/s1. The van der Waals surface area contributed by atoms with Gasteiger partial charge in [-0.15, -0.1) is 0 Å². The van der Waals surface area contributed by atoms with Crippen LogP contribution in [0.25, 0.3) is 0 Å². The van der Waals surface area contributed by atoms with E-state index in [-0.39, 0.29) is 5.69 Å². The number of aliphatic hydroxyl groups excluding tert-OH is 1. The molecule has 92 valence electrons. The normalized spacial score (nSPS) is 20.4. The van der Waals surface area contributed by atoms with Crippen LogP contribution in [0.4, 0.5) is 11.5 Å². The van der Waals surface area contributed by atoms with E-state index in [0.29, 0.717) is 23.4 Å². The van der Waals surface area contributed by atoms with Crippen molar-refractivity contribution in [3.8, 4) is 0 Å². The van der Waals surface area contributed by atoms with Gasteiger partial charge in [0, 0.05) is 29.8 Å². The molecule has 0 saturated carbocycles. The topological polar surface area (TPSA) is 79.5 Å². The van der Waals surface area contributed by atoms with Crippen molar-refractivity contribution in [3.63, 3.8) is 0 Å². The van der Waals surface area contributed by atoms with Crippen molar-refractivity contribution in [2.24, 2.45) is 0 Å². The third kappa shape index (κ3) is 2.73. The van der Waals surface area contributed by atoms with E-state index in [4.69, 9.17) is 0 Å². The number of anilines is 1. The highest BCUT2D eigenvalue weighted by molar-refractivity contribution is 9.10.